The highest BCUT2D eigenvalue weighted by Crippen LogP contribution is 2.36. The summed E-state index contributed by atoms with van der Waals surface area (Å²) in [7, 11) is 0. The molecular weight excluding hydrogens is 136 g/mol. The highest BCUT2D eigenvalue weighted by molar-refractivity contribution is 5.83. The van der Waals surface area contributed by atoms with Crippen LogP contribution in [0, 0.1) is 11.8 Å². The lowest BCUT2D eigenvalue weighted by Gasteiger charge is -2.12. The summed E-state index contributed by atoms with van der Waals surface area (Å²) in [5, 5.41) is 0. The Bertz CT molecular complexity index is 193. The smallest absolute Gasteiger partial charge is 0.136 e. The molecule has 0 aromatic rings. The van der Waals surface area contributed by atoms with E-state index in [2.05, 4.69) is 12.2 Å². The minimum Gasteiger partial charge on any atom is -0.299 e. The van der Waals surface area contributed by atoms with E-state index in [0.29, 0.717) is 17.6 Å². The molecule has 0 heterocycles. The van der Waals surface area contributed by atoms with Crippen molar-refractivity contribution in [3.8, 4) is 0 Å². The van der Waals surface area contributed by atoms with Crippen molar-refractivity contribution >= 4 is 5.78 Å². The van der Waals surface area contributed by atoms with Crippen LogP contribution in [-0.2, 0) is 4.79 Å². The average molecular weight is 150 g/mol. The van der Waals surface area contributed by atoms with Crippen LogP contribution in [-0.4, -0.2) is 5.78 Å². The average Bonchev–Trinajstić information content (AvgIpc) is 2.25. The molecule has 2 rings (SSSR count). The van der Waals surface area contributed by atoms with Crippen LogP contribution in [0.2, 0.25) is 0 Å². The summed E-state index contributed by atoms with van der Waals surface area (Å²) >= 11 is 0. The minimum absolute atomic E-state index is 0.421. The third-order valence-electron chi connectivity index (χ3n) is 2.99. The van der Waals surface area contributed by atoms with Crippen molar-refractivity contribution in [2.45, 2.75) is 32.1 Å². The Morgan fingerprint density at radius 3 is 3.09 bits per heavy atom. The van der Waals surface area contributed by atoms with Gasteiger partial charge in [-0.25, -0.2) is 0 Å². The van der Waals surface area contributed by atoms with Gasteiger partial charge in [0.25, 0.3) is 0 Å². The Labute approximate surface area is 67.5 Å². The number of allylic oxidation sites excluding steroid dienone is 2. The van der Waals surface area contributed by atoms with E-state index in [0.717, 1.165) is 32.1 Å². The van der Waals surface area contributed by atoms with Gasteiger partial charge >= 0.3 is 0 Å². The first-order valence-electron chi connectivity index (χ1n) is 4.55. The van der Waals surface area contributed by atoms with E-state index in [9.17, 15) is 4.79 Å². The van der Waals surface area contributed by atoms with Gasteiger partial charge in [-0.2, -0.15) is 0 Å². The summed E-state index contributed by atoms with van der Waals surface area (Å²) in [4.78, 5) is 11.3. The number of Topliss-reactive ketones (excluding diaryl/α,β-unsaturated/α-hetero) is 1. The first kappa shape index (κ1) is 7.08. The Balaban J connectivity index is 2.11. The number of rotatable bonds is 0. The molecule has 0 amide bonds. The summed E-state index contributed by atoms with van der Waals surface area (Å²) in [5.74, 6) is 1.64. The fourth-order valence-electron chi connectivity index (χ4n) is 2.32. The van der Waals surface area contributed by atoms with Gasteiger partial charge in [-0.05, 0) is 31.6 Å². The molecule has 2 aliphatic carbocycles. The van der Waals surface area contributed by atoms with Crippen molar-refractivity contribution in [2.75, 3.05) is 0 Å². The van der Waals surface area contributed by atoms with Gasteiger partial charge in [0, 0.05) is 12.3 Å². The number of hydrogen-bond acceptors (Lipinski definition) is 1. The molecule has 1 nitrogen and oxygen atoms in total. The largest absolute Gasteiger partial charge is 0.299 e. The first-order valence-corrected chi connectivity index (χ1v) is 4.55. The topological polar surface area (TPSA) is 17.1 Å². The minimum atomic E-state index is 0.421. The highest BCUT2D eigenvalue weighted by Gasteiger charge is 2.33. The van der Waals surface area contributed by atoms with Crippen molar-refractivity contribution in [1.82, 2.24) is 0 Å². The zero-order chi connectivity index (χ0) is 7.68. The number of ketones is 1. The first-order chi connectivity index (χ1) is 5.38. The van der Waals surface area contributed by atoms with Crippen LogP contribution in [0.3, 0.4) is 0 Å². The van der Waals surface area contributed by atoms with Crippen molar-refractivity contribution in [1.29, 1.82) is 0 Å². The number of carbonyl (C=O) groups is 1. The van der Waals surface area contributed by atoms with E-state index >= 15 is 0 Å². The molecule has 0 radical (unpaired) electrons. The summed E-state index contributed by atoms with van der Waals surface area (Å²) in [6.45, 7) is 0. The molecule has 0 aromatic heterocycles. The van der Waals surface area contributed by atoms with E-state index in [1.165, 1.54) is 0 Å². The normalized spacial score (nSPS) is 36.9. The second-order valence-corrected chi connectivity index (χ2v) is 3.66. The van der Waals surface area contributed by atoms with E-state index in [-0.39, 0.29) is 0 Å². The highest BCUT2D eigenvalue weighted by atomic mass is 16.1. The molecule has 2 atom stereocenters. The van der Waals surface area contributed by atoms with E-state index in [4.69, 9.17) is 0 Å². The molecule has 2 unspecified atom stereocenters. The monoisotopic (exact) mass is 150 g/mol. The summed E-state index contributed by atoms with van der Waals surface area (Å²) in [6, 6.07) is 0. The van der Waals surface area contributed by atoms with Gasteiger partial charge in [0.15, 0.2) is 0 Å². The lowest BCUT2D eigenvalue weighted by atomic mass is 9.91. The summed E-state index contributed by atoms with van der Waals surface area (Å²) < 4.78 is 0. The predicted molar refractivity (Wildman–Crippen MR) is 44.2 cm³/mol. The maximum atomic E-state index is 11.3. The molecule has 0 bridgehead atoms. The fraction of sp³-hybridized carbons (Fsp3) is 0.700. The molecule has 2 aliphatic rings. The zero-order valence-corrected chi connectivity index (χ0v) is 6.75. The number of carbonyl (C=O) groups excluding carboxylic acids is 1. The second-order valence-electron chi connectivity index (χ2n) is 3.66. The summed E-state index contributed by atoms with van der Waals surface area (Å²) in [6.07, 6.45) is 9.86. The van der Waals surface area contributed by atoms with E-state index in [1.54, 1.807) is 0 Å². The van der Waals surface area contributed by atoms with Gasteiger partial charge in [-0.15, -0.1) is 0 Å². The van der Waals surface area contributed by atoms with Crippen molar-refractivity contribution in [3.05, 3.63) is 12.2 Å². The van der Waals surface area contributed by atoms with Crippen molar-refractivity contribution < 1.29 is 4.79 Å². The lowest BCUT2D eigenvalue weighted by Crippen LogP contribution is -2.12. The molecule has 1 saturated carbocycles. The molecule has 0 N–H and O–H groups in total. The number of fused-ring (bicyclic) bond motifs is 1. The Morgan fingerprint density at radius 2 is 2.18 bits per heavy atom. The van der Waals surface area contributed by atoms with E-state index < -0.39 is 0 Å². The van der Waals surface area contributed by atoms with Crippen LogP contribution in [0.4, 0.5) is 0 Å². The molecule has 0 spiro atoms. The molecule has 1 fully saturated rings. The predicted octanol–water partition coefficient (Wildman–Crippen LogP) is 2.32. The molecular formula is C10H14O. The van der Waals surface area contributed by atoms with Crippen LogP contribution in [0.25, 0.3) is 0 Å². The third-order valence-corrected chi connectivity index (χ3v) is 2.99. The maximum absolute atomic E-state index is 11.3. The third kappa shape index (κ3) is 1.24. The van der Waals surface area contributed by atoms with Crippen LogP contribution in [0.15, 0.2) is 12.2 Å². The second kappa shape index (κ2) is 2.80. The van der Waals surface area contributed by atoms with Crippen molar-refractivity contribution in [2.24, 2.45) is 11.8 Å². The van der Waals surface area contributed by atoms with Crippen molar-refractivity contribution in [3.63, 3.8) is 0 Å². The van der Waals surface area contributed by atoms with Crippen LogP contribution >= 0.6 is 0 Å². The van der Waals surface area contributed by atoms with Gasteiger partial charge in [0.2, 0.25) is 0 Å². The molecule has 0 aliphatic heterocycles. The molecule has 0 saturated heterocycles. The Kier molecular flexibility index (Phi) is 1.80. The lowest BCUT2D eigenvalue weighted by molar-refractivity contribution is -0.121. The molecule has 0 aromatic carbocycles. The van der Waals surface area contributed by atoms with Gasteiger partial charge in [0.1, 0.15) is 5.78 Å². The Morgan fingerprint density at radius 1 is 1.27 bits per heavy atom. The van der Waals surface area contributed by atoms with Crippen LogP contribution < -0.4 is 0 Å². The quantitative estimate of drug-likeness (QED) is 0.484. The molecule has 60 valence electrons. The molecule has 11 heavy (non-hydrogen) atoms. The Hall–Kier alpha value is -0.590. The van der Waals surface area contributed by atoms with E-state index in [1.807, 2.05) is 0 Å². The standard InChI is InChI=1S/C10H14O/c11-10-7-6-8-4-2-1-3-5-9(8)10/h1-2,8-9H,3-7H2. The molecule has 1 heteroatoms. The number of hydrogen-bond donors (Lipinski definition) is 0. The SMILES string of the molecule is O=C1CCC2CC=CCCC12. The van der Waals surface area contributed by atoms with Crippen LogP contribution in [0.5, 0.6) is 0 Å². The summed E-state index contributed by atoms with van der Waals surface area (Å²) in [5.41, 5.74) is 0. The van der Waals surface area contributed by atoms with Gasteiger partial charge < -0.3 is 0 Å². The van der Waals surface area contributed by atoms with Crippen LogP contribution in [0.1, 0.15) is 32.1 Å². The zero-order valence-electron chi connectivity index (χ0n) is 6.75. The fourth-order valence-corrected chi connectivity index (χ4v) is 2.32. The maximum Gasteiger partial charge on any atom is 0.136 e. The van der Waals surface area contributed by atoms with Gasteiger partial charge in [0.05, 0.1) is 0 Å². The van der Waals surface area contributed by atoms with Gasteiger partial charge in [-0.3, -0.25) is 4.79 Å². The van der Waals surface area contributed by atoms with Gasteiger partial charge in [-0.1, -0.05) is 12.2 Å².